The second kappa shape index (κ2) is 8.83. The van der Waals surface area contributed by atoms with Crippen molar-refractivity contribution in [3.8, 4) is 0 Å². The van der Waals surface area contributed by atoms with Crippen LogP contribution in [0, 0.1) is 0 Å². The number of carbonyl (C=O) groups excluding carboxylic acids is 1. The Hall–Kier alpha value is -1.37. The molecule has 2 rings (SSSR count). The summed E-state index contributed by atoms with van der Waals surface area (Å²) in [6.45, 7) is 0.0379. The van der Waals surface area contributed by atoms with Gasteiger partial charge < -0.3 is 5.32 Å². The van der Waals surface area contributed by atoms with Crippen LogP contribution in [0.5, 0.6) is 0 Å². The van der Waals surface area contributed by atoms with Gasteiger partial charge in [-0.2, -0.15) is 13.2 Å². The molecule has 0 saturated carbocycles. The monoisotopic (exact) mass is 407 g/mol. The summed E-state index contributed by atoms with van der Waals surface area (Å²) in [6.07, 6.45) is -4.40. The molecule has 0 atom stereocenters. The molecule has 25 heavy (non-hydrogen) atoms. The summed E-state index contributed by atoms with van der Waals surface area (Å²) in [4.78, 5) is 11.8. The van der Waals surface area contributed by atoms with Crippen molar-refractivity contribution in [2.75, 3.05) is 5.75 Å². The molecule has 0 saturated heterocycles. The summed E-state index contributed by atoms with van der Waals surface area (Å²) in [5.41, 5.74) is 0.408. The Bertz CT molecular complexity index is 733. The normalized spacial score (nSPS) is 11.4. The molecule has 0 aromatic heterocycles. The lowest BCUT2D eigenvalue weighted by atomic mass is 10.1. The van der Waals surface area contributed by atoms with Crippen LogP contribution < -0.4 is 5.32 Å². The number of benzene rings is 2. The average molecular weight is 408 g/mol. The molecule has 2 aromatic rings. The highest BCUT2D eigenvalue weighted by Gasteiger charge is 2.30. The molecule has 2 nitrogen and oxygen atoms in total. The van der Waals surface area contributed by atoms with E-state index in [1.54, 1.807) is 18.2 Å². The van der Waals surface area contributed by atoms with Crippen LogP contribution in [0.1, 0.15) is 16.7 Å². The van der Waals surface area contributed by atoms with Gasteiger partial charge in [-0.15, -0.1) is 11.8 Å². The Morgan fingerprint density at radius 1 is 1.08 bits per heavy atom. The third-order valence-corrected chi connectivity index (χ3v) is 4.95. The summed E-state index contributed by atoms with van der Waals surface area (Å²) in [7, 11) is 0. The van der Waals surface area contributed by atoms with Crippen molar-refractivity contribution in [1.82, 2.24) is 5.32 Å². The van der Waals surface area contributed by atoms with Gasteiger partial charge in [-0.05, 0) is 35.4 Å². The van der Waals surface area contributed by atoms with Crippen molar-refractivity contribution in [3.63, 3.8) is 0 Å². The van der Waals surface area contributed by atoms with Gasteiger partial charge in [0.05, 0.1) is 11.3 Å². The standard InChI is InChI=1S/C17H14Cl2F3NOS/c18-14-5-2-6-15(19)13(14)9-25-10-16(24)23-8-11-3-1-4-12(7-11)17(20,21)22/h1-7H,8-10H2,(H,23,24). The van der Waals surface area contributed by atoms with E-state index in [2.05, 4.69) is 5.32 Å². The molecule has 0 bridgehead atoms. The molecule has 0 radical (unpaired) electrons. The number of nitrogens with one attached hydrogen (secondary N) is 1. The summed E-state index contributed by atoms with van der Waals surface area (Å²) in [6, 6.07) is 10.0. The number of rotatable bonds is 6. The smallest absolute Gasteiger partial charge is 0.351 e. The molecule has 8 heteroatoms. The molecule has 134 valence electrons. The summed E-state index contributed by atoms with van der Waals surface area (Å²) in [5, 5.41) is 3.66. The molecule has 0 heterocycles. The minimum Gasteiger partial charge on any atom is -0.351 e. The lowest BCUT2D eigenvalue weighted by Crippen LogP contribution is -2.24. The first-order valence-electron chi connectivity index (χ1n) is 7.21. The zero-order valence-electron chi connectivity index (χ0n) is 12.9. The number of thioether (sulfide) groups is 1. The van der Waals surface area contributed by atoms with Gasteiger partial charge in [0.2, 0.25) is 5.91 Å². The van der Waals surface area contributed by atoms with Crippen LogP contribution in [0.15, 0.2) is 42.5 Å². The minimum atomic E-state index is -4.40. The van der Waals surface area contributed by atoms with E-state index >= 15 is 0 Å². The Kier molecular flexibility index (Phi) is 7.04. The number of amides is 1. The van der Waals surface area contributed by atoms with Crippen LogP contribution in [-0.4, -0.2) is 11.7 Å². The van der Waals surface area contributed by atoms with E-state index in [1.807, 2.05) is 0 Å². The van der Waals surface area contributed by atoms with Crippen LogP contribution in [-0.2, 0) is 23.3 Å². The van der Waals surface area contributed by atoms with Gasteiger partial charge in [-0.1, -0.05) is 41.4 Å². The van der Waals surface area contributed by atoms with Crippen LogP contribution in [0.4, 0.5) is 13.2 Å². The van der Waals surface area contributed by atoms with Gasteiger partial charge in [0.25, 0.3) is 0 Å². The molecular weight excluding hydrogens is 394 g/mol. The largest absolute Gasteiger partial charge is 0.416 e. The van der Waals surface area contributed by atoms with Crippen molar-refractivity contribution < 1.29 is 18.0 Å². The Morgan fingerprint density at radius 3 is 2.36 bits per heavy atom. The molecule has 0 fully saturated rings. The van der Waals surface area contributed by atoms with Crippen molar-refractivity contribution in [2.24, 2.45) is 0 Å². The second-order valence-corrected chi connectivity index (χ2v) is 6.97. The highest BCUT2D eigenvalue weighted by Crippen LogP contribution is 2.30. The Morgan fingerprint density at radius 2 is 1.72 bits per heavy atom. The fourth-order valence-corrected chi connectivity index (χ4v) is 3.62. The van der Waals surface area contributed by atoms with E-state index < -0.39 is 11.7 Å². The Labute approximate surface area is 157 Å². The highest BCUT2D eigenvalue weighted by atomic mass is 35.5. The number of hydrogen-bond donors (Lipinski definition) is 1. The fourth-order valence-electron chi connectivity index (χ4n) is 2.03. The molecule has 0 aliphatic heterocycles. The molecule has 1 N–H and O–H groups in total. The van der Waals surface area contributed by atoms with Crippen molar-refractivity contribution in [2.45, 2.75) is 18.5 Å². The predicted octanol–water partition coefficient (Wildman–Crippen LogP) is 5.56. The summed E-state index contributed by atoms with van der Waals surface area (Å²) >= 11 is 13.4. The first kappa shape index (κ1) is 19.9. The molecule has 2 aromatic carbocycles. The summed E-state index contributed by atoms with van der Waals surface area (Å²) < 4.78 is 37.9. The van der Waals surface area contributed by atoms with Crippen LogP contribution in [0.25, 0.3) is 0 Å². The molecule has 0 aliphatic carbocycles. The molecule has 0 spiro atoms. The van der Waals surface area contributed by atoms with E-state index in [9.17, 15) is 18.0 Å². The zero-order chi connectivity index (χ0) is 18.4. The van der Waals surface area contributed by atoms with Crippen molar-refractivity contribution in [1.29, 1.82) is 0 Å². The van der Waals surface area contributed by atoms with E-state index in [0.717, 1.165) is 17.7 Å². The van der Waals surface area contributed by atoms with Gasteiger partial charge >= 0.3 is 6.18 Å². The van der Waals surface area contributed by atoms with E-state index in [4.69, 9.17) is 23.2 Å². The lowest BCUT2D eigenvalue weighted by Gasteiger charge is -2.10. The minimum absolute atomic E-state index is 0.0379. The van der Waals surface area contributed by atoms with Crippen LogP contribution in [0.3, 0.4) is 0 Å². The van der Waals surface area contributed by atoms with Crippen molar-refractivity contribution >= 4 is 40.9 Å². The van der Waals surface area contributed by atoms with E-state index in [1.165, 1.54) is 23.9 Å². The SMILES string of the molecule is O=C(CSCc1c(Cl)cccc1Cl)NCc1cccc(C(F)(F)F)c1. The first-order chi connectivity index (χ1) is 11.8. The van der Waals surface area contributed by atoms with E-state index in [-0.39, 0.29) is 18.2 Å². The third-order valence-electron chi connectivity index (χ3n) is 3.29. The molecule has 1 amide bonds. The van der Waals surface area contributed by atoms with Gasteiger partial charge in [0.1, 0.15) is 0 Å². The van der Waals surface area contributed by atoms with E-state index in [0.29, 0.717) is 21.4 Å². The van der Waals surface area contributed by atoms with Crippen LogP contribution >= 0.6 is 35.0 Å². The number of halogens is 5. The van der Waals surface area contributed by atoms with Gasteiger partial charge in [0.15, 0.2) is 0 Å². The van der Waals surface area contributed by atoms with Gasteiger partial charge in [0, 0.05) is 22.3 Å². The maximum Gasteiger partial charge on any atom is 0.416 e. The molecular formula is C17H14Cl2F3NOS. The predicted molar refractivity (Wildman–Crippen MR) is 95.9 cm³/mol. The number of carbonyl (C=O) groups is 1. The second-order valence-electron chi connectivity index (χ2n) is 5.17. The quantitative estimate of drug-likeness (QED) is 0.678. The average Bonchev–Trinajstić information content (AvgIpc) is 2.55. The Balaban J connectivity index is 1.81. The van der Waals surface area contributed by atoms with Crippen LogP contribution in [0.2, 0.25) is 10.0 Å². The third kappa shape index (κ3) is 6.13. The van der Waals surface area contributed by atoms with Gasteiger partial charge in [-0.25, -0.2) is 0 Å². The lowest BCUT2D eigenvalue weighted by molar-refractivity contribution is -0.137. The highest BCUT2D eigenvalue weighted by molar-refractivity contribution is 7.99. The topological polar surface area (TPSA) is 29.1 Å². The van der Waals surface area contributed by atoms with Crippen molar-refractivity contribution in [3.05, 3.63) is 69.2 Å². The molecule has 0 aliphatic rings. The first-order valence-corrected chi connectivity index (χ1v) is 9.12. The fraction of sp³-hybridized carbons (Fsp3) is 0.235. The zero-order valence-corrected chi connectivity index (χ0v) is 15.2. The van der Waals surface area contributed by atoms with Gasteiger partial charge in [-0.3, -0.25) is 4.79 Å². The number of hydrogen-bond acceptors (Lipinski definition) is 2. The maximum absolute atomic E-state index is 12.6. The summed E-state index contributed by atoms with van der Waals surface area (Å²) in [5.74, 6) is 0.348. The maximum atomic E-state index is 12.6. The molecule has 0 unspecified atom stereocenters. The number of alkyl halides is 3.